The first-order chi connectivity index (χ1) is 8.58. The molecular weight excluding hydrogens is 232 g/mol. The largest absolute Gasteiger partial charge is 0.379 e. The molecule has 2 rings (SSSR count). The van der Waals surface area contributed by atoms with Gasteiger partial charge in [-0.2, -0.15) is 0 Å². The summed E-state index contributed by atoms with van der Waals surface area (Å²) in [4.78, 5) is 0. The third-order valence-electron chi connectivity index (χ3n) is 2.98. The zero-order valence-electron chi connectivity index (χ0n) is 10.4. The lowest BCUT2D eigenvalue weighted by atomic mass is 10.1. The highest BCUT2D eigenvalue weighted by molar-refractivity contribution is 5.47. The zero-order chi connectivity index (χ0) is 13.1. The van der Waals surface area contributed by atoms with Crippen LogP contribution < -0.4 is 5.32 Å². The first kappa shape index (κ1) is 12.6. The van der Waals surface area contributed by atoms with Gasteiger partial charge in [0.15, 0.2) is 0 Å². The summed E-state index contributed by atoms with van der Waals surface area (Å²) in [5.74, 6) is -0.828. The molecular formula is C15H15F2N. The molecule has 0 amide bonds. The maximum atomic E-state index is 13.6. The van der Waals surface area contributed by atoms with E-state index in [0.717, 1.165) is 11.1 Å². The molecule has 0 aliphatic heterocycles. The van der Waals surface area contributed by atoms with Gasteiger partial charge in [0.1, 0.15) is 11.6 Å². The van der Waals surface area contributed by atoms with Crippen LogP contribution in [0.4, 0.5) is 14.5 Å². The quantitative estimate of drug-likeness (QED) is 0.857. The Morgan fingerprint density at radius 1 is 0.944 bits per heavy atom. The lowest BCUT2D eigenvalue weighted by Gasteiger charge is -2.10. The molecule has 0 atom stereocenters. The van der Waals surface area contributed by atoms with Crippen LogP contribution >= 0.6 is 0 Å². The topological polar surface area (TPSA) is 12.0 Å². The standard InChI is InChI=1S/C15H15F2N/c1-10-5-3-4-6-12(10)9-18-15-8-13(16)11(2)7-14(15)17/h3-8,18H,9H2,1-2H3. The second-order valence-corrected chi connectivity index (χ2v) is 4.36. The van der Waals surface area contributed by atoms with Crippen molar-refractivity contribution in [3.8, 4) is 0 Å². The van der Waals surface area contributed by atoms with Gasteiger partial charge in [-0.15, -0.1) is 0 Å². The van der Waals surface area contributed by atoms with Gasteiger partial charge in [-0.1, -0.05) is 24.3 Å². The maximum Gasteiger partial charge on any atom is 0.146 e. The zero-order valence-corrected chi connectivity index (χ0v) is 10.4. The van der Waals surface area contributed by atoms with Crippen molar-refractivity contribution in [3.05, 3.63) is 64.7 Å². The molecule has 0 spiro atoms. The van der Waals surface area contributed by atoms with Crippen molar-refractivity contribution in [3.63, 3.8) is 0 Å². The maximum absolute atomic E-state index is 13.6. The molecule has 2 aromatic carbocycles. The molecule has 0 radical (unpaired) electrons. The number of benzene rings is 2. The van der Waals surface area contributed by atoms with E-state index in [0.29, 0.717) is 12.1 Å². The van der Waals surface area contributed by atoms with Crippen molar-refractivity contribution >= 4 is 5.69 Å². The average molecular weight is 247 g/mol. The molecule has 2 aromatic rings. The molecule has 94 valence electrons. The number of nitrogens with one attached hydrogen (secondary N) is 1. The van der Waals surface area contributed by atoms with Crippen molar-refractivity contribution in [2.24, 2.45) is 0 Å². The number of aryl methyl sites for hydroxylation is 2. The molecule has 0 fully saturated rings. The minimum absolute atomic E-state index is 0.196. The van der Waals surface area contributed by atoms with Gasteiger partial charge in [-0.25, -0.2) is 8.78 Å². The number of halogens is 2. The lowest BCUT2D eigenvalue weighted by Crippen LogP contribution is -2.04. The minimum Gasteiger partial charge on any atom is -0.379 e. The van der Waals surface area contributed by atoms with Crippen molar-refractivity contribution in [1.29, 1.82) is 0 Å². The summed E-state index contributed by atoms with van der Waals surface area (Å²) in [5, 5.41) is 2.92. The summed E-state index contributed by atoms with van der Waals surface area (Å²) in [5.41, 5.74) is 2.70. The second kappa shape index (κ2) is 5.17. The van der Waals surface area contributed by atoms with Gasteiger partial charge in [0.25, 0.3) is 0 Å². The lowest BCUT2D eigenvalue weighted by molar-refractivity contribution is 0.594. The fraction of sp³-hybridized carbons (Fsp3) is 0.200. The summed E-state index contributed by atoms with van der Waals surface area (Å²) in [6, 6.07) is 10.2. The molecule has 1 N–H and O–H groups in total. The van der Waals surface area contributed by atoms with Crippen molar-refractivity contribution in [1.82, 2.24) is 0 Å². The van der Waals surface area contributed by atoms with Crippen LogP contribution in [0.1, 0.15) is 16.7 Å². The number of hydrogen-bond acceptors (Lipinski definition) is 1. The predicted octanol–water partition coefficient (Wildman–Crippen LogP) is 4.19. The summed E-state index contributed by atoms with van der Waals surface area (Å²) in [7, 11) is 0. The molecule has 18 heavy (non-hydrogen) atoms. The van der Waals surface area contributed by atoms with E-state index >= 15 is 0 Å². The summed E-state index contributed by atoms with van der Waals surface area (Å²) in [6.45, 7) is 4.01. The van der Waals surface area contributed by atoms with E-state index < -0.39 is 11.6 Å². The first-order valence-electron chi connectivity index (χ1n) is 5.82. The van der Waals surface area contributed by atoms with Crippen LogP contribution in [0.5, 0.6) is 0 Å². The average Bonchev–Trinajstić information content (AvgIpc) is 2.34. The fourth-order valence-corrected chi connectivity index (χ4v) is 1.78. The van der Waals surface area contributed by atoms with E-state index in [-0.39, 0.29) is 5.69 Å². The Kier molecular flexibility index (Phi) is 3.60. The molecule has 0 aliphatic rings. The van der Waals surface area contributed by atoms with E-state index in [9.17, 15) is 8.78 Å². The summed E-state index contributed by atoms with van der Waals surface area (Å²) in [6.07, 6.45) is 0. The van der Waals surface area contributed by atoms with E-state index in [4.69, 9.17) is 0 Å². The predicted molar refractivity (Wildman–Crippen MR) is 69.6 cm³/mol. The summed E-state index contributed by atoms with van der Waals surface area (Å²) >= 11 is 0. The molecule has 0 unspecified atom stereocenters. The SMILES string of the molecule is Cc1cc(F)c(NCc2ccccc2C)cc1F. The molecule has 0 bridgehead atoms. The van der Waals surface area contributed by atoms with Crippen molar-refractivity contribution in [2.75, 3.05) is 5.32 Å². The normalized spacial score (nSPS) is 10.4. The molecule has 0 aromatic heterocycles. The molecule has 3 heteroatoms. The van der Waals surface area contributed by atoms with Gasteiger partial charge in [0.05, 0.1) is 5.69 Å². The van der Waals surface area contributed by atoms with Crippen molar-refractivity contribution < 1.29 is 8.78 Å². The van der Waals surface area contributed by atoms with Gasteiger partial charge in [0, 0.05) is 12.6 Å². The molecule has 0 saturated heterocycles. The Balaban J connectivity index is 2.16. The number of rotatable bonds is 3. The van der Waals surface area contributed by atoms with E-state index in [1.165, 1.54) is 12.1 Å². The van der Waals surface area contributed by atoms with Gasteiger partial charge in [-0.3, -0.25) is 0 Å². The third-order valence-corrected chi connectivity index (χ3v) is 2.98. The van der Waals surface area contributed by atoms with Gasteiger partial charge >= 0.3 is 0 Å². The monoisotopic (exact) mass is 247 g/mol. The van der Waals surface area contributed by atoms with E-state index in [2.05, 4.69) is 5.32 Å². The van der Waals surface area contributed by atoms with Crippen LogP contribution in [-0.4, -0.2) is 0 Å². The fourth-order valence-electron chi connectivity index (χ4n) is 1.78. The van der Waals surface area contributed by atoms with Crippen LogP contribution in [0, 0.1) is 25.5 Å². The Hall–Kier alpha value is -1.90. The highest BCUT2D eigenvalue weighted by atomic mass is 19.1. The number of anilines is 1. The smallest absolute Gasteiger partial charge is 0.146 e. The molecule has 0 saturated carbocycles. The highest BCUT2D eigenvalue weighted by Gasteiger charge is 2.07. The third kappa shape index (κ3) is 2.67. The second-order valence-electron chi connectivity index (χ2n) is 4.36. The van der Waals surface area contributed by atoms with Gasteiger partial charge < -0.3 is 5.32 Å². The highest BCUT2D eigenvalue weighted by Crippen LogP contribution is 2.20. The minimum atomic E-state index is -0.428. The van der Waals surface area contributed by atoms with Crippen LogP contribution in [0.2, 0.25) is 0 Å². The van der Waals surface area contributed by atoms with Gasteiger partial charge in [0.2, 0.25) is 0 Å². The first-order valence-corrected chi connectivity index (χ1v) is 5.82. The Morgan fingerprint density at radius 2 is 1.67 bits per heavy atom. The van der Waals surface area contributed by atoms with E-state index in [1.54, 1.807) is 6.92 Å². The van der Waals surface area contributed by atoms with Crippen LogP contribution in [0.25, 0.3) is 0 Å². The Labute approximate surface area is 105 Å². The molecule has 1 nitrogen and oxygen atoms in total. The summed E-state index contributed by atoms with van der Waals surface area (Å²) < 4.78 is 27.0. The van der Waals surface area contributed by atoms with Crippen LogP contribution in [0.3, 0.4) is 0 Å². The number of hydrogen-bond donors (Lipinski definition) is 1. The van der Waals surface area contributed by atoms with Crippen molar-refractivity contribution in [2.45, 2.75) is 20.4 Å². The Morgan fingerprint density at radius 3 is 2.39 bits per heavy atom. The van der Waals surface area contributed by atoms with Crippen LogP contribution in [0.15, 0.2) is 36.4 Å². The van der Waals surface area contributed by atoms with Gasteiger partial charge in [-0.05, 0) is 36.6 Å². The molecule has 0 heterocycles. The van der Waals surface area contributed by atoms with Crippen LogP contribution in [-0.2, 0) is 6.54 Å². The molecule has 0 aliphatic carbocycles. The Bertz CT molecular complexity index is 564. The van der Waals surface area contributed by atoms with E-state index in [1.807, 2.05) is 31.2 Å².